The molecule has 9 heteroatoms. The normalized spacial score (nSPS) is 15.1. The van der Waals surface area contributed by atoms with Gasteiger partial charge in [-0.1, -0.05) is 36.4 Å². The van der Waals surface area contributed by atoms with Crippen molar-refractivity contribution in [1.82, 2.24) is 20.3 Å². The number of H-pyrrole nitrogens is 1. The van der Waals surface area contributed by atoms with Gasteiger partial charge in [-0.2, -0.15) is 0 Å². The number of hydrogen-bond donors (Lipinski definition) is 2. The van der Waals surface area contributed by atoms with Gasteiger partial charge in [-0.25, -0.2) is 9.97 Å². The molecule has 0 aliphatic carbocycles. The van der Waals surface area contributed by atoms with Crippen molar-refractivity contribution in [3.8, 4) is 11.6 Å². The van der Waals surface area contributed by atoms with Crippen LogP contribution in [0.25, 0.3) is 10.9 Å². The maximum absolute atomic E-state index is 12.8. The minimum Gasteiger partial charge on any atom is -0.488 e. The number of carbonyl (C=O) groups is 1. The fourth-order valence-corrected chi connectivity index (χ4v) is 3.95. The Balaban J connectivity index is 1.24. The molecule has 2 aromatic heterocycles. The zero-order chi connectivity index (χ0) is 24.7. The molecular weight excluding hydrogens is 460 g/mol. The first-order valence-electron chi connectivity index (χ1n) is 11.8. The quantitative estimate of drug-likeness (QED) is 0.373. The molecule has 4 aromatic rings. The van der Waals surface area contributed by atoms with Crippen LogP contribution < -0.4 is 20.3 Å². The van der Waals surface area contributed by atoms with Gasteiger partial charge in [0.05, 0.1) is 18.7 Å². The Labute approximate surface area is 207 Å². The largest absolute Gasteiger partial charge is 0.488 e. The second kappa shape index (κ2) is 11.0. The SMILES string of the molecule is O=C(NCc1ccnc(OCC2CCOC2)c1)c1nc2cccc(OCc3ccccc3)c2c(=O)[nH]1. The maximum Gasteiger partial charge on any atom is 0.287 e. The van der Waals surface area contributed by atoms with Crippen molar-refractivity contribution in [2.45, 2.75) is 19.6 Å². The van der Waals surface area contributed by atoms with Gasteiger partial charge >= 0.3 is 0 Å². The first kappa shape index (κ1) is 23.5. The molecule has 184 valence electrons. The van der Waals surface area contributed by atoms with Crippen molar-refractivity contribution in [3.05, 3.63) is 94.2 Å². The van der Waals surface area contributed by atoms with E-state index in [-0.39, 0.29) is 12.4 Å². The number of nitrogens with one attached hydrogen (secondary N) is 2. The van der Waals surface area contributed by atoms with E-state index in [9.17, 15) is 9.59 Å². The Morgan fingerprint density at radius 1 is 1.08 bits per heavy atom. The number of carbonyl (C=O) groups excluding carboxylic acids is 1. The maximum atomic E-state index is 12.8. The van der Waals surface area contributed by atoms with E-state index < -0.39 is 11.5 Å². The number of pyridine rings is 1. The van der Waals surface area contributed by atoms with E-state index in [1.165, 1.54) is 0 Å². The lowest BCUT2D eigenvalue weighted by molar-refractivity contribution is 0.0940. The summed E-state index contributed by atoms with van der Waals surface area (Å²) in [7, 11) is 0. The summed E-state index contributed by atoms with van der Waals surface area (Å²) in [5.74, 6) is 0.709. The summed E-state index contributed by atoms with van der Waals surface area (Å²) < 4.78 is 17.0. The number of amides is 1. The van der Waals surface area contributed by atoms with Gasteiger partial charge in [0.15, 0.2) is 5.82 Å². The molecule has 1 fully saturated rings. The van der Waals surface area contributed by atoms with E-state index in [0.717, 1.165) is 24.2 Å². The lowest BCUT2D eigenvalue weighted by atomic mass is 10.1. The fourth-order valence-electron chi connectivity index (χ4n) is 3.95. The third kappa shape index (κ3) is 5.69. The summed E-state index contributed by atoms with van der Waals surface area (Å²) in [6, 6.07) is 18.4. The number of aromatic nitrogens is 3. The highest BCUT2D eigenvalue weighted by atomic mass is 16.5. The first-order chi connectivity index (χ1) is 17.7. The first-order valence-corrected chi connectivity index (χ1v) is 11.8. The van der Waals surface area contributed by atoms with Crippen molar-refractivity contribution >= 4 is 16.8 Å². The van der Waals surface area contributed by atoms with Gasteiger partial charge in [-0.15, -0.1) is 0 Å². The highest BCUT2D eigenvalue weighted by Crippen LogP contribution is 2.22. The smallest absolute Gasteiger partial charge is 0.287 e. The molecule has 36 heavy (non-hydrogen) atoms. The molecule has 1 aliphatic rings. The Hall–Kier alpha value is -4.24. The molecule has 1 atom stereocenters. The second-order valence-electron chi connectivity index (χ2n) is 8.56. The number of benzene rings is 2. The van der Waals surface area contributed by atoms with E-state index in [4.69, 9.17) is 14.2 Å². The fraction of sp³-hybridized carbons (Fsp3) is 0.259. The molecule has 9 nitrogen and oxygen atoms in total. The Morgan fingerprint density at radius 3 is 2.81 bits per heavy atom. The zero-order valence-corrected chi connectivity index (χ0v) is 19.6. The van der Waals surface area contributed by atoms with Gasteiger partial charge in [-0.05, 0) is 35.7 Å². The average Bonchev–Trinajstić information content (AvgIpc) is 3.44. The molecule has 0 saturated carbocycles. The number of aromatic amines is 1. The lowest BCUT2D eigenvalue weighted by Gasteiger charge is -2.11. The third-order valence-corrected chi connectivity index (χ3v) is 5.89. The molecule has 0 radical (unpaired) electrons. The molecule has 5 rings (SSSR count). The van der Waals surface area contributed by atoms with Crippen molar-refractivity contribution in [2.24, 2.45) is 5.92 Å². The van der Waals surface area contributed by atoms with Crippen molar-refractivity contribution in [1.29, 1.82) is 0 Å². The Morgan fingerprint density at radius 2 is 1.97 bits per heavy atom. The van der Waals surface area contributed by atoms with E-state index in [1.54, 1.807) is 36.5 Å². The minimum atomic E-state index is -0.494. The van der Waals surface area contributed by atoms with Crippen molar-refractivity contribution in [3.63, 3.8) is 0 Å². The molecule has 1 amide bonds. The van der Waals surface area contributed by atoms with Gasteiger partial charge in [0.25, 0.3) is 11.5 Å². The van der Waals surface area contributed by atoms with E-state index in [1.807, 2.05) is 30.3 Å². The molecule has 2 N–H and O–H groups in total. The van der Waals surface area contributed by atoms with Crippen molar-refractivity contribution in [2.75, 3.05) is 19.8 Å². The second-order valence-corrected chi connectivity index (χ2v) is 8.56. The highest BCUT2D eigenvalue weighted by Gasteiger charge is 2.17. The predicted octanol–water partition coefficient (Wildman–Crippen LogP) is 3.24. The molecule has 1 unspecified atom stereocenters. The predicted molar refractivity (Wildman–Crippen MR) is 133 cm³/mol. The lowest BCUT2D eigenvalue weighted by Crippen LogP contribution is -2.27. The summed E-state index contributed by atoms with van der Waals surface area (Å²) in [6.07, 6.45) is 2.61. The van der Waals surface area contributed by atoms with Crippen LogP contribution in [0.4, 0.5) is 0 Å². The van der Waals surface area contributed by atoms with Crippen LogP contribution in [0.15, 0.2) is 71.7 Å². The molecular formula is C27H26N4O5. The monoisotopic (exact) mass is 486 g/mol. The van der Waals surface area contributed by atoms with Gasteiger partial charge in [-0.3, -0.25) is 9.59 Å². The number of rotatable bonds is 9. The van der Waals surface area contributed by atoms with E-state index in [2.05, 4.69) is 20.3 Å². The van der Waals surface area contributed by atoms with E-state index >= 15 is 0 Å². The number of hydrogen-bond acceptors (Lipinski definition) is 7. The Bertz CT molecular complexity index is 1400. The summed E-state index contributed by atoms with van der Waals surface area (Å²) in [5.41, 5.74) is 1.73. The highest BCUT2D eigenvalue weighted by molar-refractivity contribution is 5.93. The molecule has 1 aliphatic heterocycles. The molecule has 1 saturated heterocycles. The van der Waals surface area contributed by atoms with Crippen LogP contribution >= 0.6 is 0 Å². The van der Waals surface area contributed by atoms with Gasteiger partial charge in [0.1, 0.15) is 17.7 Å². The summed E-state index contributed by atoms with van der Waals surface area (Å²) in [5, 5.41) is 3.09. The third-order valence-electron chi connectivity index (χ3n) is 5.89. The molecule has 3 heterocycles. The summed E-state index contributed by atoms with van der Waals surface area (Å²) >= 11 is 0. The van der Waals surface area contributed by atoms with E-state index in [0.29, 0.717) is 48.3 Å². The van der Waals surface area contributed by atoms with Gasteiger partial charge in [0.2, 0.25) is 5.88 Å². The van der Waals surface area contributed by atoms with Crippen LogP contribution in [-0.2, 0) is 17.9 Å². The number of fused-ring (bicyclic) bond motifs is 1. The van der Waals surface area contributed by atoms with Gasteiger partial charge < -0.3 is 24.5 Å². The minimum absolute atomic E-state index is 0.0699. The van der Waals surface area contributed by atoms with Gasteiger partial charge in [0, 0.05) is 31.3 Å². The van der Waals surface area contributed by atoms with Crippen LogP contribution in [0.5, 0.6) is 11.6 Å². The summed E-state index contributed by atoms with van der Waals surface area (Å²) in [6.45, 7) is 2.55. The number of nitrogens with zero attached hydrogens (tertiary/aromatic N) is 2. The van der Waals surface area contributed by atoms with Crippen LogP contribution in [0, 0.1) is 5.92 Å². The zero-order valence-electron chi connectivity index (χ0n) is 19.6. The topological polar surface area (TPSA) is 115 Å². The van der Waals surface area contributed by atoms with Crippen LogP contribution in [0.2, 0.25) is 0 Å². The number of ether oxygens (including phenoxy) is 3. The van der Waals surface area contributed by atoms with Crippen molar-refractivity contribution < 1.29 is 19.0 Å². The summed E-state index contributed by atoms with van der Waals surface area (Å²) in [4.78, 5) is 36.8. The average molecular weight is 487 g/mol. The molecule has 0 bridgehead atoms. The Kier molecular flexibility index (Phi) is 7.18. The molecule has 2 aromatic carbocycles. The van der Waals surface area contributed by atoms with Crippen LogP contribution in [0.1, 0.15) is 28.2 Å². The standard InChI is InChI=1S/C27H26N4O5/c32-26-24-21(7-4-8-22(24)35-16-18-5-2-1-3-6-18)30-25(31-26)27(33)29-14-19-9-11-28-23(13-19)36-17-20-10-12-34-15-20/h1-9,11,13,20H,10,12,14-17H2,(H,29,33)(H,30,31,32). The van der Waals surface area contributed by atoms with Crippen LogP contribution in [0.3, 0.4) is 0 Å². The van der Waals surface area contributed by atoms with Crippen LogP contribution in [-0.4, -0.2) is 40.7 Å². The molecule has 0 spiro atoms.